The van der Waals surface area contributed by atoms with E-state index in [-0.39, 0.29) is 0 Å². The molecule has 9 heteroatoms. The molecule has 0 atom stereocenters. The smallest absolute Gasteiger partial charge is 0.161 e. The highest BCUT2D eigenvalue weighted by atomic mass is 16.1. The predicted molar refractivity (Wildman–Crippen MR) is 114 cm³/mol. The second kappa shape index (κ2) is 7.68. The first kappa shape index (κ1) is 18.4. The van der Waals surface area contributed by atoms with Crippen LogP contribution in [-0.2, 0) is 4.79 Å². The molecular formula is C21H22N8O. The number of para-hydroxylation sites is 2. The van der Waals surface area contributed by atoms with Gasteiger partial charge in [-0.15, -0.1) is 0 Å². The van der Waals surface area contributed by atoms with Gasteiger partial charge >= 0.3 is 0 Å². The lowest BCUT2D eigenvalue weighted by molar-refractivity contribution is -0.109. The number of nitrogens with two attached hydrogens (primary N) is 1. The van der Waals surface area contributed by atoms with Gasteiger partial charge in [0, 0.05) is 24.8 Å². The van der Waals surface area contributed by atoms with E-state index in [4.69, 9.17) is 10.7 Å². The minimum absolute atomic E-state index is 0.318. The molecule has 0 aliphatic carbocycles. The topological polar surface area (TPSA) is 119 Å². The first-order valence-corrected chi connectivity index (χ1v) is 9.99. The van der Waals surface area contributed by atoms with Crippen LogP contribution in [-0.4, -0.2) is 60.5 Å². The minimum atomic E-state index is 0.318. The van der Waals surface area contributed by atoms with Crippen molar-refractivity contribution >= 4 is 23.1 Å². The van der Waals surface area contributed by atoms with E-state index in [9.17, 15) is 4.79 Å². The number of aldehydes is 1. The maximum absolute atomic E-state index is 10.7. The van der Waals surface area contributed by atoms with E-state index >= 15 is 0 Å². The van der Waals surface area contributed by atoms with Gasteiger partial charge in [0.1, 0.15) is 12.0 Å². The molecule has 4 aromatic rings. The normalized spacial score (nSPS) is 15.6. The molecule has 0 bridgehead atoms. The van der Waals surface area contributed by atoms with Crippen LogP contribution in [0.1, 0.15) is 18.9 Å². The molecule has 1 aliphatic heterocycles. The highest BCUT2D eigenvalue weighted by molar-refractivity contribution is 5.80. The molecule has 3 N–H and O–H groups in total. The van der Waals surface area contributed by atoms with Crippen molar-refractivity contribution in [2.45, 2.75) is 18.9 Å². The molecule has 0 spiro atoms. The van der Waals surface area contributed by atoms with Gasteiger partial charge in [0.25, 0.3) is 0 Å². The molecule has 30 heavy (non-hydrogen) atoms. The summed E-state index contributed by atoms with van der Waals surface area (Å²) in [5, 5.41) is 4.55. The Labute approximate surface area is 173 Å². The van der Waals surface area contributed by atoms with Crippen LogP contribution >= 0.6 is 0 Å². The van der Waals surface area contributed by atoms with Gasteiger partial charge in [-0.1, -0.05) is 12.1 Å². The third-order valence-corrected chi connectivity index (χ3v) is 5.58. The number of carbonyl (C=O) groups excluding carboxylic acids is 1. The molecule has 0 amide bonds. The number of imidazole rings is 1. The number of hydrogen-bond donors (Lipinski definition) is 2. The summed E-state index contributed by atoms with van der Waals surface area (Å²) in [5.74, 6) is 0.922. The molecule has 1 saturated heterocycles. The van der Waals surface area contributed by atoms with Gasteiger partial charge in [0.2, 0.25) is 0 Å². The maximum atomic E-state index is 10.7. The minimum Gasteiger partial charge on any atom is -0.382 e. The average Bonchev–Trinajstić information content (AvgIpc) is 3.42. The number of nitrogens with zero attached hydrogens (tertiary/aromatic N) is 6. The fourth-order valence-corrected chi connectivity index (χ4v) is 3.92. The van der Waals surface area contributed by atoms with Crippen LogP contribution in [0.4, 0.5) is 5.82 Å². The summed E-state index contributed by atoms with van der Waals surface area (Å²) in [6.07, 6.45) is 8.36. The fourth-order valence-electron chi connectivity index (χ4n) is 3.92. The van der Waals surface area contributed by atoms with Gasteiger partial charge in [0.15, 0.2) is 11.6 Å². The number of anilines is 1. The second-order valence-corrected chi connectivity index (χ2v) is 7.50. The third-order valence-electron chi connectivity index (χ3n) is 5.58. The standard InChI is InChI=1S/C21H22N8O/c22-20-19(21-26-16-3-1-2-4-17(16)27-21)25-18(12-23-20)14-11-24-29(13-14)15-5-7-28(8-6-15)9-10-30/h1-4,10-13,15H,5-9H2,(H2,22,23)(H,26,27). The van der Waals surface area contributed by atoms with Gasteiger partial charge < -0.3 is 15.5 Å². The van der Waals surface area contributed by atoms with Crippen LogP contribution < -0.4 is 5.73 Å². The van der Waals surface area contributed by atoms with Crippen LogP contribution in [0, 0.1) is 0 Å². The van der Waals surface area contributed by atoms with Gasteiger partial charge in [-0.2, -0.15) is 5.10 Å². The number of piperidine rings is 1. The monoisotopic (exact) mass is 402 g/mol. The number of nitrogen functional groups attached to an aromatic ring is 1. The van der Waals surface area contributed by atoms with Crippen molar-refractivity contribution in [3.8, 4) is 22.8 Å². The quantitative estimate of drug-likeness (QED) is 0.492. The summed E-state index contributed by atoms with van der Waals surface area (Å²) in [6.45, 7) is 2.30. The van der Waals surface area contributed by atoms with Gasteiger partial charge in [-0.25, -0.2) is 15.0 Å². The first-order valence-electron chi connectivity index (χ1n) is 9.99. The van der Waals surface area contributed by atoms with Crippen LogP contribution in [0.2, 0.25) is 0 Å². The Morgan fingerprint density at radius 1 is 1.17 bits per heavy atom. The molecule has 0 saturated carbocycles. The summed E-state index contributed by atoms with van der Waals surface area (Å²) >= 11 is 0. The molecular weight excluding hydrogens is 380 g/mol. The largest absolute Gasteiger partial charge is 0.382 e. The zero-order chi connectivity index (χ0) is 20.5. The average molecular weight is 402 g/mol. The van der Waals surface area contributed by atoms with E-state index in [0.29, 0.717) is 35.6 Å². The number of rotatable bonds is 5. The zero-order valence-electron chi connectivity index (χ0n) is 16.4. The van der Waals surface area contributed by atoms with Gasteiger partial charge in [0.05, 0.1) is 41.7 Å². The molecule has 152 valence electrons. The predicted octanol–water partition coefficient (Wildman–Crippen LogP) is 2.30. The number of carbonyl (C=O) groups is 1. The summed E-state index contributed by atoms with van der Waals surface area (Å²) < 4.78 is 1.99. The van der Waals surface area contributed by atoms with Gasteiger partial charge in [-0.05, 0) is 25.0 Å². The Morgan fingerprint density at radius 3 is 2.80 bits per heavy atom. The lowest BCUT2D eigenvalue weighted by Gasteiger charge is -2.30. The van der Waals surface area contributed by atoms with Crippen LogP contribution in [0.25, 0.3) is 33.8 Å². The molecule has 1 fully saturated rings. The van der Waals surface area contributed by atoms with Crippen LogP contribution in [0.3, 0.4) is 0 Å². The van der Waals surface area contributed by atoms with Crippen molar-refractivity contribution < 1.29 is 4.79 Å². The number of aromatic amines is 1. The highest BCUT2D eigenvalue weighted by Crippen LogP contribution is 2.28. The summed E-state index contributed by atoms with van der Waals surface area (Å²) in [6, 6.07) is 8.11. The number of fused-ring (bicyclic) bond motifs is 1. The summed E-state index contributed by atoms with van der Waals surface area (Å²) in [7, 11) is 0. The molecule has 5 rings (SSSR count). The van der Waals surface area contributed by atoms with Crippen molar-refractivity contribution in [3.63, 3.8) is 0 Å². The number of benzene rings is 1. The molecule has 1 aliphatic rings. The Kier molecular flexibility index (Phi) is 4.72. The lowest BCUT2D eigenvalue weighted by Crippen LogP contribution is -2.35. The van der Waals surface area contributed by atoms with Crippen LogP contribution in [0.15, 0.2) is 42.9 Å². The van der Waals surface area contributed by atoms with E-state index < -0.39 is 0 Å². The highest BCUT2D eigenvalue weighted by Gasteiger charge is 2.21. The molecule has 3 aromatic heterocycles. The summed E-state index contributed by atoms with van der Waals surface area (Å²) in [5.41, 5.74) is 9.99. The van der Waals surface area contributed by atoms with Crippen molar-refractivity contribution in [2.75, 3.05) is 25.4 Å². The number of likely N-dealkylation sites (tertiary alicyclic amines) is 1. The zero-order valence-corrected chi connectivity index (χ0v) is 16.4. The number of hydrogen-bond acceptors (Lipinski definition) is 7. The van der Waals surface area contributed by atoms with E-state index in [2.05, 4.69) is 25.0 Å². The third kappa shape index (κ3) is 3.43. The maximum Gasteiger partial charge on any atom is 0.161 e. The Morgan fingerprint density at radius 2 is 2.00 bits per heavy atom. The molecule has 0 unspecified atom stereocenters. The van der Waals surface area contributed by atoms with Gasteiger partial charge in [-0.3, -0.25) is 9.58 Å². The number of nitrogens with one attached hydrogen (secondary N) is 1. The first-order chi connectivity index (χ1) is 14.7. The number of aromatic nitrogens is 6. The van der Waals surface area contributed by atoms with Crippen molar-refractivity contribution in [1.29, 1.82) is 0 Å². The Hall–Kier alpha value is -3.59. The fraction of sp³-hybridized carbons (Fsp3) is 0.286. The van der Waals surface area contributed by atoms with E-state index in [1.54, 1.807) is 12.4 Å². The Bertz CT molecular complexity index is 1160. The van der Waals surface area contributed by atoms with E-state index in [1.807, 2.05) is 35.1 Å². The van der Waals surface area contributed by atoms with Crippen molar-refractivity contribution in [1.82, 2.24) is 34.6 Å². The number of H-pyrrole nitrogens is 1. The second-order valence-electron chi connectivity index (χ2n) is 7.50. The summed E-state index contributed by atoms with van der Waals surface area (Å²) in [4.78, 5) is 29.8. The Balaban J connectivity index is 1.40. The van der Waals surface area contributed by atoms with E-state index in [0.717, 1.165) is 48.8 Å². The van der Waals surface area contributed by atoms with Crippen LogP contribution in [0.5, 0.6) is 0 Å². The molecule has 1 aromatic carbocycles. The molecule has 0 radical (unpaired) electrons. The SMILES string of the molecule is Nc1ncc(-c2cnn(C3CCN(CC=O)CC3)c2)nc1-c1nc2ccccc2[nH]1. The van der Waals surface area contributed by atoms with E-state index in [1.165, 1.54) is 0 Å². The lowest BCUT2D eigenvalue weighted by atomic mass is 10.1. The molecule has 9 nitrogen and oxygen atoms in total. The van der Waals surface area contributed by atoms with Crippen molar-refractivity contribution in [3.05, 3.63) is 42.9 Å². The molecule has 4 heterocycles. The van der Waals surface area contributed by atoms with Crippen molar-refractivity contribution in [2.24, 2.45) is 0 Å².